The molecule has 0 aromatic heterocycles. The molecule has 1 heterocycles. The highest BCUT2D eigenvalue weighted by atomic mass is 32.2. The standard InChI is InChI=1S/C24H33N2O8PS/c1-4-32-26(35(28)33-5-2)22-17-25(24(27)31-18-20-9-7-6-8-10-20)16-15-23(22)34-36(29,30)21-13-11-19(3)12-14-21/h6-14,22-23,35H,4-5,15-18H2,1-3H3. The highest BCUT2D eigenvalue weighted by Crippen LogP contribution is 2.36. The highest BCUT2D eigenvalue weighted by Gasteiger charge is 2.42. The number of hydrogen-bond donors (Lipinski definition) is 0. The number of carbonyl (C=O) groups is 1. The number of rotatable bonds is 11. The Morgan fingerprint density at radius 3 is 2.42 bits per heavy atom. The second-order valence-corrected chi connectivity index (χ2v) is 11.0. The monoisotopic (exact) mass is 540 g/mol. The van der Waals surface area contributed by atoms with Crippen LogP contribution in [0.3, 0.4) is 0 Å². The van der Waals surface area contributed by atoms with E-state index < -0.39 is 36.5 Å². The maximum absolute atomic E-state index is 13.0. The summed E-state index contributed by atoms with van der Waals surface area (Å²) in [4.78, 5) is 21.0. The van der Waals surface area contributed by atoms with Gasteiger partial charge in [-0.3, -0.25) is 13.6 Å². The molecule has 0 spiro atoms. The number of benzene rings is 2. The van der Waals surface area contributed by atoms with Crippen molar-refractivity contribution in [2.75, 3.05) is 26.3 Å². The van der Waals surface area contributed by atoms with Gasteiger partial charge in [0.15, 0.2) is 0 Å². The molecule has 1 saturated heterocycles. The molecule has 1 aliphatic rings. The highest BCUT2D eigenvalue weighted by molar-refractivity contribution is 7.86. The first kappa shape index (κ1) is 28.3. The molecule has 1 fully saturated rings. The van der Waals surface area contributed by atoms with Crippen LogP contribution < -0.4 is 0 Å². The Morgan fingerprint density at radius 2 is 1.78 bits per heavy atom. The van der Waals surface area contributed by atoms with Crippen LogP contribution in [-0.2, 0) is 39.6 Å². The Bertz CT molecular complexity index is 1110. The number of hydrogen-bond acceptors (Lipinski definition) is 8. The summed E-state index contributed by atoms with van der Waals surface area (Å²) in [6, 6.07) is 14.7. The quantitative estimate of drug-likeness (QED) is 0.236. The molecule has 2 aromatic rings. The molecule has 3 rings (SSSR count). The Morgan fingerprint density at radius 1 is 1.08 bits per heavy atom. The molecule has 0 aliphatic carbocycles. The zero-order valence-corrected chi connectivity index (χ0v) is 22.5. The van der Waals surface area contributed by atoms with Gasteiger partial charge < -0.3 is 14.2 Å². The van der Waals surface area contributed by atoms with E-state index in [1.165, 1.54) is 17.0 Å². The number of hydroxylamine groups is 1. The van der Waals surface area contributed by atoms with Crippen molar-refractivity contribution in [2.45, 2.75) is 50.8 Å². The Kier molecular flexibility index (Phi) is 10.5. The SMILES string of the molecule is CCON(C1CN(C(=O)OCc2ccccc2)CCC1OS(=O)(=O)c1ccc(C)cc1)[PH](=O)OCC. The summed E-state index contributed by atoms with van der Waals surface area (Å²) >= 11 is 0. The van der Waals surface area contributed by atoms with E-state index in [0.29, 0.717) is 0 Å². The second-order valence-electron chi connectivity index (χ2n) is 8.19. The van der Waals surface area contributed by atoms with Gasteiger partial charge in [-0.25, -0.2) is 4.79 Å². The molecule has 0 bridgehead atoms. The van der Waals surface area contributed by atoms with Crippen LogP contribution >= 0.6 is 8.18 Å². The molecule has 12 heteroatoms. The fourth-order valence-electron chi connectivity index (χ4n) is 3.76. The summed E-state index contributed by atoms with van der Waals surface area (Å²) < 4.78 is 55.3. The summed E-state index contributed by atoms with van der Waals surface area (Å²) in [5.41, 5.74) is 1.74. The van der Waals surface area contributed by atoms with E-state index in [4.69, 9.17) is 18.3 Å². The molecule has 10 nitrogen and oxygen atoms in total. The Balaban J connectivity index is 1.80. The van der Waals surface area contributed by atoms with Crippen LogP contribution in [0.25, 0.3) is 0 Å². The van der Waals surface area contributed by atoms with Crippen LogP contribution in [0.4, 0.5) is 4.79 Å². The van der Waals surface area contributed by atoms with Crippen LogP contribution in [0, 0.1) is 6.92 Å². The topological polar surface area (TPSA) is 112 Å². The molecule has 3 unspecified atom stereocenters. The van der Waals surface area contributed by atoms with Gasteiger partial charge in [0.2, 0.25) is 0 Å². The lowest BCUT2D eigenvalue weighted by atomic mass is 10.0. The predicted molar refractivity (Wildman–Crippen MR) is 134 cm³/mol. The van der Waals surface area contributed by atoms with E-state index in [1.807, 2.05) is 37.3 Å². The van der Waals surface area contributed by atoms with Crippen LogP contribution in [0.5, 0.6) is 0 Å². The summed E-state index contributed by atoms with van der Waals surface area (Å²) in [6.07, 6.45) is -1.35. The van der Waals surface area contributed by atoms with Gasteiger partial charge in [0, 0.05) is 13.1 Å². The third-order valence-electron chi connectivity index (χ3n) is 5.56. The van der Waals surface area contributed by atoms with E-state index in [2.05, 4.69) is 0 Å². The van der Waals surface area contributed by atoms with E-state index >= 15 is 0 Å². The van der Waals surface area contributed by atoms with Crippen molar-refractivity contribution < 1.29 is 36.1 Å². The summed E-state index contributed by atoms with van der Waals surface area (Å²) in [6.45, 7) is 5.84. The van der Waals surface area contributed by atoms with E-state index in [-0.39, 0.29) is 44.2 Å². The van der Waals surface area contributed by atoms with Gasteiger partial charge in [-0.15, -0.1) is 4.83 Å². The number of ether oxygens (including phenoxy) is 1. The first-order chi connectivity index (χ1) is 17.2. The van der Waals surface area contributed by atoms with Crippen LogP contribution in [0.15, 0.2) is 59.5 Å². The first-order valence-corrected chi connectivity index (χ1v) is 14.5. The van der Waals surface area contributed by atoms with Gasteiger partial charge in [-0.1, -0.05) is 48.0 Å². The molecule has 1 aliphatic heterocycles. The number of aryl methyl sites for hydroxylation is 1. The minimum atomic E-state index is -4.13. The smallest absolute Gasteiger partial charge is 0.410 e. The lowest BCUT2D eigenvalue weighted by molar-refractivity contribution is -0.148. The first-order valence-electron chi connectivity index (χ1n) is 11.8. The number of carbonyl (C=O) groups excluding carboxylic acids is 1. The van der Waals surface area contributed by atoms with Crippen LogP contribution in [-0.4, -0.2) is 62.7 Å². The Hall–Kier alpha value is -2.27. The maximum Gasteiger partial charge on any atom is 0.410 e. The number of amides is 1. The third-order valence-corrected chi connectivity index (χ3v) is 8.27. The van der Waals surface area contributed by atoms with Crippen molar-refractivity contribution in [3.8, 4) is 0 Å². The second kappa shape index (κ2) is 13.3. The molecular weight excluding hydrogens is 507 g/mol. The van der Waals surface area contributed by atoms with Crippen molar-refractivity contribution >= 4 is 24.4 Å². The average Bonchev–Trinajstić information content (AvgIpc) is 2.87. The zero-order valence-electron chi connectivity index (χ0n) is 20.7. The fourth-order valence-corrected chi connectivity index (χ4v) is 6.02. The Labute approximate surface area is 213 Å². The van der Waals surface area contributed by atoms with Gasteiger partial charge in [0.25, 0.3) is 18.3 Å². The van der Waals surface area contributed by atoms with Crippen molar-refractivity contribution in [2.24, 2.45) is 0 Å². The van der Waals surface area contributed by atoms with Crippen molar-refractivity contribution in [3.63, 3.8) is 0 Å². The van der Waals surface area contributed by atoms with Gasteiger partial charge >= 0.3 is 6.09 Å². The lowest BCUT2D eigenvalue weighted by Gasteiger charge is -2.41. The molecule has 0 radical (unpaired) electrons. The van der Waals surface area contributed by atoms with Crippen molar-refractivity contribution in [3.05, 3.63) is 65.7 Å². The molecular formula is C24H33N2O8PS. The minimum absolute atomic E-state index is 0.0111. The van der Waals surface area contributed by atoms with Crippen molar-refractivity contribution in [1.29, 1.82) is 0 Å². The molecule has 3 atom stereocenters. The fraction of sp³-hybridized carbons (Fsp3) is 0.458. The number of piperidine rings is 1. The molecule has 198 valence electrons. The lowest BCUT2D eigenvalue weighted by Crippen LogP contribution is -2.56. The normalized spacial score (nSPS) is 19.3. The van der Waals surface area contributed by atoms with E-state index in [9.17, 15) is 17.8 Å². The van der Waals surface area contributed by atoms with Gasteiger partial charge in [-0.05, 0) is 44.9 Å². The average molecular weight is 541 g/mol. The molecule has 1 amide bonds. The number of likely N-dealkylation sites (tertiary alicyclic amines) is 1. The summed E-state index contributed by atoms with van der Waals surface area (Å²) in [5.74, 6) is 0. The number of nitrogens with zero attached hydrogens (tertiary/aromatic N) is 2. The summed E-state index contributed by atoms with van der Waals surface area (Å²) in [5, 5.41) is 0. The van der Waals surface area contributed by atoms with Crippen molar-refractivity contribution in [1.82, 2.24) is 9.73 Å². The summed E-state index contributed by atoms with van der Waals surface area (Å²) in [7, 11) is -7.02. The van der Waals surface area contributed by atoms with Crippen LogP contribution in [0.1, 0.15) is 31.4 Å². The minimum Gasteiger partial charge on any atom is -0.445 e. The molecule has 36 heavy (non-hydrogen) atoms. The zero-order chi connectivity index (χ0) is 26.1. The molecule has 2 aromatic carbocycles. The van der Waals surface area contributed by atoms with Gasteiger partial charge in [0.1, 0.15) is 6.61 Å². The van der Waals surface area contributed by atoms with E-state index in [1.54, 1.807) is 26.0 Å². The molecule has 0 saturated carbocycles. The van der Waals surface area contributed by atoms with Crippen LogP contribution in [0.2, 0.25) is 0 Å². The third kappa shape index (κ3) is 7.61. The van der Waals surface area contributed by atoms with E-state index in [0.717, 1.165) is 16.0 Å². The maximum atomic E-state index is 13.0. The van der Waals surface area contributed by atoms with Gasteiger partial charge in [-0.2, -0.15) is 8.42 Å². The predicted octanol–water partition coefficient (Wildman–Crippen LogP) is 4.16. The largest absolute Gasteiger partial charge is 0.445 e. The molecule has 0 N–H and O–H groups in total. The van der Waals surface area contributed by atoms with Gasteiger partial charge in [0.05, 0.1) is 30.3 Å².